The number of esters is 1. The summed E-state index contributed by atoms with van der Waals surface area (Å²) in [5.74, 6) is -0.949. The number of para-hydroxylation sites is 1. The Hall–Kier alpha value is -2.40. The van der Waals surface area contributed by atoms with Gasteiger partial charge in [0.05, 0.1) is 28.9 Å². The number of carbonyl (C=O) groups is 2. The Bertz CT molecular complexity index is 658. The number of carbonyl (C=O) groups excluding carboxylic acids is 2. The Balaban J connectivity index is 2.29. The van der Waals surface area contributed by atoms with Crippen LogP contribution in [0.15, 0.2) is 42.7 Å². The molecule has 0 bridgehead atoms. The number of amides is 1. The van der Waals surface area contributed by atoms with Gasteiger partial charge in [-0.15, -0.1) is 0 Å². The van der Waals surface area contributed by atoms with Gasteiger partial charge in [-0.1, -0.05) is 23.7 Å². The van der Waals surface area contributed by atoms with Crippen LogP contribution < -0.4 is 5.32 Å². The minimum absolute atomic E-state index is 0.237. The molecule has 1 aromatic heterocycles. The Morgan fingerprint density at radius 3 is 2.65 bits per heavy atom. The summed E-state index contributed by atoms with van der Waals surface area (Å²) >= 11 is 5.90. The number of pyridine rings is 1. The first kappa shape index (κ1) is 14.0. The number of anilines is 1. The third kappa shape index (κ3) is 2.95. The number of ether oxygens (including phenoxy) is 1. The van der Waals surface area contributed by atoms with Gasteiger partial charge in [-0.3, -0.25) is 9.78 Å². The molecule has 102 valence electrons. The number of methoxy groups -OCH3 is 1. The number of benzene rings is 1. The largest absolute Gasteiger partial charge is 0.465 e. The Morgan fingerprint density at radius 1 is 1.20 bits per heavy atom. The van der Waals surface area contributed by atoms with E-state index in [2.05, 4.69) is 15.0 Å². The van der Waals surface area contributed by atoms with Crippen molar-refractivity contribution in [3.8, 4) is 0 Å². The van der Waals surface area contributed by atoms with Crippen LogP contribution in [0, 0.1) is 0 Å². The van der Waals surface area contributed by atoms with E-state index in [-0.39, 0.29) is 16.1 Å². The fourth-order valence-corrected chi connectivity index (χ4v) is 1.83. The van der Waals surface area contributed by atoms with E-state index in [0.717, 1.165) is 0 Å². The van der Waals surface area contributed by atoms with Crippen molar-refractivity contribution in [1.29, 1.82) is 0 Å². The van der Waals surface area contributed by atoms with Crippen LogP contribution >= 0.6 is 11.6 Å². The zero-order valence-electron chi connectivity index (χ0n) is 10.6. The number of hydrogen-bond acceptors (Lipinski definition) is 4. The fraction of sp³-hybridized carbons (Fsp3) is 0.0714. The van der Waals surface area contributed by atoms with Crippen LogP contribution in [-0.4, -0.2) is 24.0 Å². The highest BCUT2D eigenvalue weighted by Crippen LogP contribution is 2.19. The molecule has 0 spiro atoms. The third-order valence-electron chi connectivity index (χ3n) is 2.60. The summed E-state index contributed by atoms with van der Waals surface area (Å²) in [6.07, 6.45) is 2.84. The molecule has 1 heterocycles. The maximum absolute atomic E-state index is 12.1. The SMILES string of the molecule is COC(=O)c1ccccc1NC(=O)c1ccncc1Cl. The molecule has 0 aliphatic carbocycles. The molecule has 5 nitrogen and oxygen atoms in total. The van der Waals surface area contributed by atoms with E-state index in [4.69, 9.17) is 11.6 Å². The van der Waals surface area contributed by atoms with Crippen molar-refractivity contribution in [3.05, 3.63) is 58.9 Å². The molecular weight excluding hydrogens is 280 g/mol. The van der Waals surface area contributed by atoms with E-state index < -0.39 is 11.9 Å². The van der Waals surface area contributed by atoms with Crippen molar-refractivity contribution in [2.24, 2.45) is 0 Å². The van der Waals surface area contributed by atoms with Crippen molar-refractivity contribution in [1.82, 2.24) is 4.98 Å². The van der Waals surface area contributed by atoms with Crippen LogP contribution in [0.2, 0.25) is 5.02 Å². The zero-order chi connectivity index (χ0) is 14.5. The van der Waals surface area contributed by atoms with Crippen LogP contribution in [0.5, 0.6) is 0 Å². The summed E-state index contributed by atoms with van der Waals surface area (Å²) in [7, 11) is 1.28. The molecule has 0 radical (unpaired) electrons. The highest BCUT2D eigenvalue weighted by Gasteiger charge is 2.15. The highest BCUT2D eigenvalue weighted by molar-refractivity contribution is 6.34. The second-order valence-corrected chi connectivity index (χ2v) is 4.25. The molecule has 6 heteroatoms. The third-order valence-corrected chi connectivity index (χ3v) is 2.90. The lowest BCUT2D eigenvalue weighted by molar-refractivity contribution is 0.0602. The van der Waals surface area contributed by atoms with E-state index in [1.165, 1.54) is 25.6 Å². The summed E-state index contributed by atoms with van der Waals surface area (Å²) in [5.41, 5.74) is 0.909. The molecule has 20 heavy (non-hydrogen) atoms. The maximum Gasteiger partial charge on any atom is 0.339 e. The van der Waals surface area contributed by atoms with Gasteiger partial charge in [0.15, 0.2) is 0 Å². The van der Waals surface area contributed by atoms with Gasteiger partial charge in [-0.05, 0) is 18.2 Å². The predicted molar refractivity (Wildman–Crippen MR) is 75.0 cm³/mol. The maximum atomic E-state index is 12.1. The zero-order valence-corrected chi connectivity index (χ0v) is 11.3. The van der Waals surface area contributed by atoms with Crippen LogP contribution in [0.4, 0.5) is 5.69 Å². The fourth-order valence-electron chi connectivity index (χ4n) is 1.63. The molecule has 2 aromatic rings. The van der Waals surface area contributed by atoms with Crippen molar-refractivity contribution >= 4 is 29.2 Å². The molecule has 1 N–H and O–H groups in total. The Kier molecular flexibility index (Phi) is 4.32. The van der Waals surface area contributed by atoms with E-state index in [1.807, 2.05) is 0 Å². The van der Waals surface area contributed by atoms with Crippen LogP contribution in [0.3, 0.4) is 0 Å². The number of nitrogens with one attached hydrogen (secondary N) is 1. The predicted octanol–water partition coefficient (Wildman–Crippen LogP) is 2.77. The molecule has 0 saturated carbocycles. The van der Waals surface area contributed by atoms with Gasteiger partial charge in [-0.2, -0.15) is 0 Å². The summed E-state index contributed by atoms with van der Waals surface area (Å²) in [5, 5.41) is 2.87. The molecule has 0 aliphatic heterocycles. The first-order chi connectivity index (χ1) is 9.63. The minimum atomic E-state index is -0.526. The molecule has 0 atom stereocenters. The van der Waals surface area contributed by atoms with Crippen molar-refractivity contribution in [3.63, 3.8) is 0 Å². The second kappa shape index (κ2) is 6.16. The quantitative estimate of drug-likeness (QED) is 0.883. The lowest BCUT2D eigenvalue weighted by atomic mass is 10.1. The number of halogens is 1. The van der Waals surface area contributed by atoms with Gasteiger partial charge >= 0.3 is 5.97 Å². The standard InChI is InChI=1S/C14H11ClN2O3/c1-20-14(19)10-4-2-3-5-12(10)17-13(18)9-6-7-16-8-11(9)15/h2-8H,1H3,(H,17,18). The molecule has 2 rings (SSSR count). The molecular formula is C14H11ClN2O3. The Morgan fingerprint density at radius 2 is 1.95 bits per heavy atom. The van der Waals surface area contributed by atoms with Crippen molar-refractivity contribution < 1.29 is 14.3 Å². The summed E-state index contributed by atoms with van der Waals surface area (Å²) in [4.78, 5) is 27.5. The van der Waals surface area contributed by atoms with Gasteiger partial charge < -0.3 is 10.1 Å². The molecule has 0 saturated heterocycles. The first-order valence-electron chi connectivity index (χ1n) is 5.71. The van der Waals surface area contributed by atoms with Crippen LogP contribution in [-0.2, 0) is 4.74 Å². The van der Waals surface area contributed by atoms with Gasteiger partial charge in [0.2, 0.25) is 0 Å². The van der Waals surface area contributed by atoms with E-state index >= 15 is 0 Å². The van der Waals surface area contributed by atoms with Gasteiger partial charge in [-0.25, -0.2) is 4.79 Å². The average Bonchev–Trinajstić information content (AvgIpc) is 2.47. The minimum Gasteiger partial charge on any atom is -0.465 e. The average molecular weight is 291 g/mol. The molecule has 1 aromatic carbocycles. The smallest absolute Gasteiger partial charge is 0.339 e. The van der Waals surface area contributed by atoms with Crippen molar-refractivity contribution in [2.75, 3.05) is 12.4 Å². The molecule has 0 unspecified atom stereocenters. The van der Waals surface area contributed by atoms with Crippen LogP contribution in [0.1, 0.15) is 20.7 Å². The monoisotopic (exact) mass is 290 g/mol. The number of hydrogen-bond donors (Lipinski definition) is 1. The lowest BCUT2D eigenvalue weighted by Gasteiger charge is -2.10. The lowest BCUT2D eigenvalue weighted by Crippen LogP contribution is -2.15. The van der Waals surface area contributed by atoms with Gasteiger partial charge in [0.25, 0.3) is 5.91 Å². The van der Waals surface area contributed by atoms with E-state index in [0.29, 0.717) is 5.69 Å². The Labute approximate surface area is 120 Å². The topological polar surface area (TPSA) is 68.3 Å². The summed E-state index contributed by atoms with van der Waals surface area (Å²) in [6.45, 7) is 0. The molecule has 0 fully saturated rings. The number of aromatic nitrogens is 1. The highest BCUT2D eigenvalue weighted by atomic mass is 35.5. The van der Waals surface area contributed by atoms with Crippen LogP contribution in [0.25, 0.3) is 0 Å². The molecule has 1 amide bonds. The van der Waals surface area contributed by atoms with Crippen molar-refractivity contribution in [2.45, 2.75) is 0 Å². The second-order valence-electron chi connectivity index (χ2n) is 3.85. The van der Waals surface area contributed by atoms with E-state index in [9.17, 15) is 9.59 Å². The first-order valence-corrected chi connectivity index (χ1v) is 6.09. The van der Waals surface area contributed by atoms with Gasteiger partial charge in [0, 0.05) is 12.4 Å². The summed E-state index contributed by atoms with van der Waals surface area (Å²) in [6, 6.07) is 8.06. The normalized spacial score (nSPS) is 9.90. The molecule has 0 aliphatic rings. The van der Waals surface area contributed by atoms with E-state index in [1.54, 1.807) is 24.3 Å². The number of rotatable bonds is 3. The number of nitrogens with zero attached hydrogens (tertiary/aromatic N) is 1. The summed E-state index contributed by atoms with van der Waals surface area (Å²) < 4.78 is 4.66. The van der Waals surface area contributed by atoms with Gasteiger partial charge in [0.1, 0.15) is 0 Å².